The van der Waals surface area contributed by atoms with Crippen molar-refractivity contribution < 1.29 is 9.21 Å². The van der Waals surface area contributed by atoms with E-state index in [2.05, 4.69) is 20.5 Å². The number of aromatic nitrogens is 3. The molecule has 2 aromatic heterocycles. The number of carbonyl (C=O) groups excluding carboxylic acids is 1. The van der Waals surface area contributed by atoms with E-state index < -0.39 is 0 Å². The predicted octanol–water partition coefficient (Wildman–Crippen LogP) is 2.63. The summed E-state index contributed by atoms with van der Waals surface area (Å²) >= 11 is 0. The van der Waals surface area contributed by atoms with E-state index in [-0.39, 0.29) is 5.91 Å². The standard InChI is InChI=1S/C14H12N4O2/c1-9-17-13(8-20-9)10-2-4-12(5-3-10)18-14(19)11-6-15-16-7-11/h2-8H,1H3,(H,15,16)(H,18,19). The Balaban J connectivity index is 1.75. The van der Waals surface area contributed by atoms with Crippen LogP contribution in [0.15, 0.2) is 47.3 Å². The molecule has 3 aromatic rings. The highest BCUT2D eigenvalue weighted by molar-refractivity contribution is 6.03. The van der Waals surface area contributed by atoms with Gasteiger partial charge in [0.25, 0.3) is 5.91 Å². The number of oxazole rings is 1. The molecule has 0 atom stereocenters. The van der Waals surface area contributed by atoms with Crippen LogP contribution < -0.4 is 5.32 Å². The van der Waals surface area contributed by atoms with Gasteiger partial charge in [-0.2, -0.15) is 5.10 Å². The molecule has 0 radical (unpaired) electrons. The third-order valence-electron chi connectivity index (χ3n) is 2.82. The molecule has 0 aliphatic heterocycles. The van der Waals surface area contributed by atoms with Crippen molar-refractivity contribution in [3.63, 3.8) is 0 Å². The average Bonchev–Trinajstić information content (AvgIpc) is 3.10. The van der Waals surface area contributed by atoms with Gasteiger partial charge in [-0.1, -0.05) is 12.1 Å². The van der Waals surface area contributed by atoms with E-state index in [1.165, 1.54) is 6.20 Å². The first-order chi connectivity index (χ1) is 9.72. The van der Waals surface area contributed by atoms with E-state index in [0.29, 0.717) is 17.1 Å². The lowest BCUT2D eigenvalue weighted by Crippen LogP contribution is -2.10. The molecule has 0 spiro atoms. The maximum absolute atomic E-state index is 11.8. The molecule has 0 bridgehead atoms. The highest BCUT2D eigenvalue weighted by atomic mass is 16.3. The van der Waals surface area contributed by atoms with Crippen LogP contribution in [0, 0.1) is 6.92 Å². The van der Waals surface area contributed by atoms with Crippen molar-refractivity contribution in [2.75, 3.05) is 5.32 Å². The zero-order valence-electron chi connectivity index (χ0n) is 10.8. The summed E-state index contributed by atoms with van der Waals surface area (Å²) in [6.45, 7) is 1.79. The fourth-order valence-corrected chi connectivity index (χ4v) is 1.80. The van der Waals surface area contributed by atoms with Crippen LogP contribution in [0.3, 0.4) is 0 Å². The minimum atomic E-state index is -0.205. The van der Waals surface area contributed by atoms with Gasteiger partial charge in [0.1, 0.15) is 12.0 Å². The molecule has 6 heteroatoms. The van der Waals surface area contributed by atoms with Gasteiger partial charge >= 0.3 is 0 Å². The zero-order chi connectivity index (χ0) is 13.9. The first-order valence-corrected chi connectivity index (χ1v) is 6.05. The number of benzene rings is 1. The van der Waals surface area contributed by atoms with Crippen LogP contribution in [0.25, 0.3) is 11.3 Å². The van der Waals surface area contributed by atoms with E-state index in [0.717, 1.165) is 11.3 Å². The Kier molecular flexibility index (Phi) is 3.04. The lowest BCUT2D eigenvalue weighted by Gasteiger charge is -2.04. The summed E-state index contributed by atoms with van der Waals surface area (Å²) in [6, 6.07) is 7.39. The first kappa shape index (κ1) is 12.2. The van der Waals surface area contributed by atoms with E-state index in [4.69, 9.17) is 4.42 Å². The van der Waals surface area contributed by atoms with Crippen molar-refractivity contribution in [3.8, 4) is 11.3 Å². The number of carbonyl (C=O) groups is 1. The van der Waals surface area contributed by atoms with E-state index in [9.17, 15) is 4.79 Å². The molecule has 6 nitrogen and oxygen atoms in total. The van der Waals surface area contributed by atoms with E-state index in [1.54, 1.807) is 19.4 Å². The fraction of sp³-hybridized carbons (Fsp3) is 0.0714. The van der Waals surface area contributed by atoms with Crippen molar-refractivity contribution in [3.05, 3.63) is 54.4 Å². The normalized spacial score (nSPS) is 10.4. The van der Waals surface area contributed by atoms with Crippen molar-refractivity contribution in [2.24, 2.45) is 0 Å². The van der Waals surface area contributed by atoms with Gasteiger partial charge in [-0.25, -0.2) is 4.98 Å². The third-order valence-corrected chi connectivity index (χ3v) is 2.82. The molecule has 100 valence electrons. The second-order valence-electron chi connectivity index (χ2n) is 4.27. The lowest BCUT2D eigenvalue weighted by molar-refractivity contribution is 0.102. The van der Waals surface area contributed by atoms with Crippen molar-refractivity contribution in [1.82, 2.24) is 15.2 Å². The number of rotatable bonds is 3. The maximum atomic E-state index is 11.8. The van der Waals surface area contributed by atoms with Gasteiger partial charge in [0.15, 0.2) is 5.89 Å². The molecule has 20 heavy (non-hydrogen) atoms. The van der Waals surface area contributed by atoms with Crippen LogP contribution in [-0.2, 0) is 0 Å². The molecule has 1 aromatic carbocycles. The van der Waals surface area contributed by atoms with Crippen LogP contribution in [0.1, 0.15) is 16.2 Å². The minimum Gasteiger partial charge on any atom is -0.449 e. The number of nitrogens with zero attached hydrogens (tertiary/aromatic N) is 2. The van der Waals surface area contributed by atoms with Gasteiger partial charge in [-0.15, -0.1) is 0 Å². The molecule has 0 unspecified atom stereocenters. The number of amides is 1. The van der Waals surface area contributed by atoms with Crippen LogP contribution >= 0.6 is 0 Å². The van der Waals surface area contributed by atoms with Gasteiger partial charge in [0.2, 0.25) is 0 Å². The average molecular weight is 268 g/mol. The Hall–Kier alpha value is -2.89. The number of H-pyrrole nitrogens is 1. The summed E-state index contributed by atoms with van der Waals surface area (Å²) in [5, 5.41) is 9.12. The number of hydrogen-bond donors (Lipinski definition) is 2. The summed E-state index contributed by atoms with van der Waals surface area (Å²) in [4.78, 5) is 16.1. The number of aryl methyl sites for hydroxylation is 1. The zero-order valence-corrected chi connectivity index (χ0v) is 10.8. The quantitative estimate of drug-likeness (QED) is 0.764. The predicted molar refractivity (Wildman–Crippen MR) is 73.2 cm³/mol. The molecular formula is C14H12N4O2. The summed E-state index contributed by atoms with van der Waals surface area (Å²) in [7, 11) is 0. The molecule has 2 heterocycles. The van der Waals surface area contributed by atoms with Crippen molar-refractivity contribution in [1.29, 1.82) is 0 Å². The van der Waals surface area contributed by atoms with Crippen LogP contribution in [0.2, 0.25) is 0 Å². The molecule has 0 saturated heterocycles. The highest BCUT2D eigenvalue weighted by Gasteiger charge is 2.08. The van der Waals surface area contributed by atoms with Gasteiger partial charge in [-0.3, -0.25) is 9.89 Å². The molecule has 0 saturated carbocycles. The first-order valence-electron chi connectivity index (χ1n) is 6.05. The summed E-state index contributed by atoms with van der Waals surface area (Å²) in [5.74, 6) is 0.418. The molecule has 1 amide bonds. The molecular weight excluding hydrogens is 256 g/mol. The second kappa shape index (κ2) is 5.00. The monoisotopic (exact) mass is 268 g/mol. The van der Waals surface area contributed by atoms with E-state index >= 15 is 0 Å². The number of nitrogens with one attached hydrogen (secondary N) is 2. The maximum Gasteiger partial charge on any atom is 0.258 e. The van der Waals surface area contributed by atoms with Crippen LogP contribution in [-0.4, -0.2) is 21.1 Å². The number of anilines is 1. The second-order valence-corrected chi connectivity index (χ2v) is 4.27. The van der Waals surface area contributed by atoms with Gasteiger partial charge in [0, 0.05) is 24.4 Å². The SMILES string of the molecule is Cc1nc(-c2ccc(NC(=O)c3cn[nH]c3)cc2)co1. The fourth-order valence-electron chi connectivity index (χ4n) is 1.80. The van der Waals surface area contributed by atoms with Crippen molar-refractivity contribution in [2.45, 2.75) is 6.92 Å². The van der Waals surface area contributed by atoms with Crippen LogP contribution in [0.4, 0.5) is 5.69 Å². The Morgan fingerprint density at radius 1 is 1.30 bits per heavy atom. The molecule has 3 rings (SSSR count). The third kappa shape index (κ3) is 2.44. The topological polar surface area (TPSA) is 83.8 Å². The Morgan fingerprint density at radius 3 is 2.70 bits per heavy atom. The lowest BCUT2D eigenvalue weighted by atomic mass is 10.1. The van der Waals surface area contributed by atoms with E-state index in [1.807, 2.05) is 24.3 Å². The smallest absolute Gasteiger partial charge is 0.258 e. The number of aromatic amines is 1. The number of hydrogen-bond acceptors (Lipinski definition) is 4. The summed E-state index contributed by atoms with van der Waals surface area (Å²) in [6.07, 6.45) is 4.62. The summed E-state index contributed by atoms with van der Waals surface area (Å²) in [5.41, 5.74) is 2.90. The van der Waals surface area contributed by atoms with Gasteiger partial charge in [0.05, 0.1) is 11.8 Å². The molecule has 2 N–H and O–H groups in total. The Labute approximate surface area is 114 Å². The highest BCUT2D eigenvalue weighted by Crippen LogP contribution is 2.20. The van der Waals surface area contributed by atoms with Crippen LogP contribution in [0.5, 0.6) is 0 Å². The van der Waals surface area contributed by atoms with Gasteiger partial charge < -0.3 is 9.73 Å². The summed E-state index contributed by atoms with van der Waals surface area (Å²) < 4.78 is 5.17. The Bertz CT molecular complexity index is 714. The molecule has 0 aliphatic rings. The molecule has 0 aliphatic carbocycles. The van der Waals surface area contributed by atoms with Crippen molar-refractivity contribution >= 4 is 11.6 Å². The minimum absolute atomic E-state index is 0.205. The molecule has 0 fully saturated rings. The Morgan fingerprint density at radius 2 is 2.10 bits per heavy atom. The van der Waals surface area contributed by atoms with Gasteiger partial charge in [-0.05, 0) is 12.1 Å². The largest absolute Gasteiger partial charge is 0.449 e.